The molecule has 1 unspecified atom stereocenters. The van der Waals surface area contributed by atoms with Gasteiger partial charge in [-0.1, -0.05) is 20.8 Å². The van der Waals surface area contributed by atoms with Crippen molar-refractivity contribution in [2.75, 3.05) is 6.54 Å². The molecule has 1 aliphatic rings. The highest BCUT2D eigenvalue weighted by Crippen LogP contribution is 2.23. The maximum Gasteiger partial charge on any atom is 0.315 e. The van der Waals surface area contributed by atoms with Crippen molar-refractivity contribution in [3.05, 3.63) is 0 Å². The van der Waals surface area contributed by atoms with Crippen LogP contribution in [0.25, 0.3) is 0 Å². The van der Waals surface area contributed by atoms with Crippen molar-refractivity contribution < 1.29 is 14.7 Å². The SMILES string of the molecule is CC(C)CC(CNC(=O)NC1CCC(C)CC1)C(=O)O. The van der Waals surface area contributed by atoms with Crippen molar-refractivity contribution in [1.82, 2.24) is 10.6 Å². The van der Waals surface area contributed by atoms with Gasteiger partial charge in [0.2, 0.25) is 0 Å². The van der Waals surface area contributed by atoms with Crippen molar-refractivity contribution in [1.29, 1.82) is 0 Å². The maximum absolute atomic E-state index is 11.8. The Balaban J connectivity index is 2.29. The number of amides is 2. The number of carbonyl (C=O) groups is 2. The Morgan fingerprint density at radius 3 is 2.30 bits per heavy atom. The lowest BCUT2D eigenvalue weighted by molar-refractivity contribution is -0.142. The van der Waals surface area contributed by atoms with E-state index in [1.807, 2.05) is 13.8 Å². The number of aliphatic carboxylic acids is 1. The molecule has 0 aliphatic heterocycles. The van der Waals surface area contributed by atoms with Crippen molar-refractivity contribution in [3.63, 3.8) is 0 Å². The van der Waals surface area contributed by atoms with Crippen LogP contribution in [0.5, 0.6) is 0 Å². The van der Waals surface area contributed by atoms with Crippen LogP contribution in [0.15, 0.2) is 0 Å². The minimum Gasteiger partial charge on any atom is -0.481 e. The summed E-state index contributed by atoms with van der Waals surface area (Å²) in [6.45, 7) is 6.40. The zero-order valence-corrected chi connectivity index (χ0v) is 12.8. The molecule has 5 nitrogen and oxygen atoms in total. The van der Waals surface area contributed by atoms with Crippen LogP contribution in [-0.2, 0) is 4.79 Å². The maximum atomic E-state index is 11.8. The van der Waals surface area contributed by atoms with Gasteiger partial charge in [0.15, 0.2) is 0 Å². The highest BCUT2D eigenvalue weighted by Gasteiger charge is 2.22. The molecule has 1 fully saturated rings. The van der Waals surface area contributed by atoms with Gasteiger partial charge in [0.1, 0.15) is 0 Å². The van der Waals surface area contributed by atoms with Gasteiger partial charge >= 0.3 is 12.0 Å². The van der Waals surface area contributed by atoms with E-state index in [1.165, 1.54) is 0 Å². The summed E-state index contributed by atoms with van der Waals surface area (Å²) in [7, 11) is 0. The van der Waals surface area contributed by atoms with Crippen LogP contribution in [-0.4, -0.2) is 29.7 Å². The summed E-state index contributed by atoms with van der Waals surface area (Å²) in [5.74, 6) is -0.294. The van der Waals surface area contributed by atoms with Crippen molar-refractivity contribution in [2.24, 2.45) is 17.8 Å². The van der Waals surface area contributed by atoms with Crippen LogP contribution in [0, 0.1) is 17.8 Å². The molecule has 1 aliphatic carbocycles. The normalized spacial score (nSPS) is 24.2. The van der Waals surface area contributed by atoms with Gasteiger partial charge < -0.3 is 15.7 Å². The molecular formula is C15H28N2O3. The Morgan fingerprint density at radius 2 is 1.80 bits per heavy atom. The van der Waals surface area contributed by atoms with E-state index in [0.717, 1.165) is 31.6 Å². The zero-order valence-electron chi connectivity index (χ0n) is 12.8. The second-order valence-corrected chi connectivity index (χ2v) is 6.48. The van der Waals surface area contributed by atoms with Crippen LogP contribution in [0.1, 0.15) is 52.9 Å². The molecule has 0 aromatic carbocycles. The molecule has 2 amide bonds. The molecule has 1 rings (SSSR count). The van der Waals surface area contributed by atoms with Gasteiger partial charge in [-0.2, -0.15) is 0 Å². The average Bonchev–Trinajstić information content (AvgIpc) is 2.36. The van der Waals surface area contributed by atoms with Crippen molar-refractivity contribution in [2.45, 2.75) is 58.9 Å². The van der Waals surface area contributed by atoms with Crippen molar-refractivity contribution in [3.8, 4) is 0 Å². The van der Waals surface area contributed by atoms with Crippen LogP contribution >= 0.6 is 0 Å². The summed E-state index contributed by atoms with van der Waals surface area (Å²) in [6, 6.07) is -0.000800. The van der Waals surface area contributed by atoms with E-state index in [2.05, 4.69) is 17.6 Å². The van der Waals surface area contributed by atoms with E-state index in [0.29, 0.717) is 12.3 Å². The van der Waals surface area contributed by atoms with E-state index in [1.54, 1.807) is 0 Å². The molecule has 0 aromatic rings. The van der Waals surface area contributed by atoms with E-state index >= 15 is 0 Å². The Labute approximate surface area is 121 Å². The van der Waals surface area contributed by atoms with Gasteiger partial charge in [-0.15, -0.1) is 0 Å². The highest BCUT2D eigenvalue weighted by atomic mass is 16.4. The molecule has 1 saturated carbocycles. The van der Waals surface area contributed by atoms with Gasteiger partial charge in [-0.3, -0.25) is 4.79 Å². The smallest absolute Gasteiger partial charge is 0.315 e. The standard InChI is InChI=1S/C15H28N2O3/c1-10(2)8-12(14(18)19)9-16-15(20)17-13-6-4-11(3)5-7-13/h10-13H,4-9H2,1-3H3,(H,18,19)(H2,16,17,20). The molecule has 0 radical (unpaired) electrons. The van der Waals surface area contributed by atoms with Crippen LogP contribution in [0.2, 0.25) is 0 Å². The Morgan fingerprint density at radius 1 is 1.20 bits per heavy atom. The Bertz CT molecular complexity index is 323. The van der Waals surface area contributed by atoms with E-state index in [4.69, 9.17) is 5.11 Å². The topological polar surface area (TPSA) is 78.4 Å². The third-order valence-corrected chi connectivity index (χ3v) is 3.97. The Kier molecular flexibility index (Phi) is 6.82. The quantitative estimate of drug-likeness (QED) is 0.701. The predicted octanol–water partition coefficient (Wildman–Crippen LogP) is 2.61. The molecular weight excluding hydrogens is 256 g/mol. The zero-order chi connectivity index (χ0) is 15.1. The van der Waals surface area contributed by atoms with E-state index in [9.17, 15) is 9.59 Å². The first-order chi connectivity index (χ1) is 9.38. The lowest BCUT2D eigenvalue weighted by Crippen LogP contribution is -2.45. The van der Waals surface area contributed by atoms with Gasteiger partial charge in [0, 0.05) is 12.6 Å². The predicted molar refractivity (Wildman–Crippen MR) is 78.5 cm³/mol. The van der Waals surface area contributed by atoms with Crippen LogP contribution in [0.4, 0.5) is 4.79 Å². The highest BCUT2D eigenvalue weighted by molar-refractivity contribution is 5.76. The first-order valence-corrected chi connectivity index (χ1v) is 7.65. The lowest BCUT2D eigenvalue weighted by atomic mass is 9.87. The summed E-state index contributed by atoms with van der Waals surface area (Å²) in [4.78, 5) is 22.9. The van der Waals surface area contributed by atoms with Gasteiger partial charge in [0.05, 0.1) is 5.92 Å². The first kappa shape index (κ1) is 16.8. The molecule has 0 bridgehead atoms. The summed E-state index contributed by atoms with van der Waals surface area (Å²) < 4.78 is 0. The second-order valence-electron chi connectivity index (χ2n) is 6.48. The number of nitrogens with one attached hydrogen (secondary N) is 2. The third-order valence-electron chi connectivity index (χ3n) is 3.97. The third kappa shape index (κ3) is 6.26. The van der Waals surface area contributed by atoms with Gasteiger partial charge in [-0.05, 0) is 43.9 Å². The minimum atomic E-state index is -0.842. The summed E-state index contributed by atoms with van der Waals surface area (Å²) in [5.41, 5.74) is 0. The fourth-order valence-corrected chi connectivity index (χ4v) is 2.70. The van der Waals surface area contributed by atoms with Crippen LogP contribution in [0.3, 0.4) is 0 Å². The summed E-state index contributed by atoms with van der Waals surface area (Å²) in [6.07, 6.45) is 4.91. The fourth-order valence-electron chi connectivity index (χ4n) is 2.70. The number of hydrogen-bond donors (Lipinski definition) is 3. The average molecular weight is 284 g/mol. The van der Waals surface area contributed by atoms with E-state index < -0.39 is 11.9 Å². The molecule has 0 heterocycles. The van der Waals surface area contributed by atoms with Crippen molar-refractivity contribution >= 4 is 12.0 Å². The second kappa shape index (κ2) is 8.12. The number of carbonyl (C=O) groups excluding carboxylic acids is 1. The molecule has 1 atom stereocenters. The monoisotopic (exact) mass is 284 g/mol. The molecule has 0 aromatic heterocycles. The number of hydrogen-bond acceptors (Lipinski definition) is 2. The van der Waals surface area contributed by atoms with Crippen LogP contribution < -0.4 is 10.6 Å². The van der Waals surface area contributed by atoms with Gasteiger partial charge in [-0.25, -0.2) is 4.79 Å². The molecule has 3 N–H and O–H groups in total. The Hall–Kier alpha value is -1.26. The number of carboxylic acids is 1. The molecule has 20 heavy (non-hydrogen) atoms. The van der Waals surface area contributed by atoms with Gasteiger partial charge in [0.25, 0.3) is 0 Å². The summed E-state index contributed by atoms with van der Waals surface area (Å²) in [5, 5.41) is 14.8. The first-order valence-electron chi connectivity index (χ1n) is 7.65. The number of urea groups is 1. The lowest BCUT2D eigenvalue weighted by Gasteiger charge is -2.27. The summed E-state index contributed by atoms with van der Waals surface area (Å²) >= 11 is 0. The fraction of sp³-hybridized carbons (Fsp3) is 0.867. The number of carboxylic acid groups (broad SMARTS) is 1. The largest absolute Gasteiger partial charge is 0.481 e. The molecule has 116 valence electrons. The molecule has 0 saturated heterocycles. The van der Waals surface area contributed by atoms with E-state index in [-0.39, 0.29) is 18.6 Å². The molecule has 0 spiro atoms. The minimum absolute atomic E-state index is 0.197. The number of rotatable bonds is 6. The molecule has 5 heteroatoms.